The third-order valence-electron chi connectivity index (χ3n) is 2.43. The largest absolute Gasteiger partial charge is 0.507 e. The molecule has 0 fully saturated rings. The summed E-state index contributed by atoms with van der Waals surface area (Å²) in [5.74, 6) is -0.354. The number of hydrogen-bond acceptors (Lipinski definition) is 3. The molecule has 0 unspecified atom stereocenters. The van der Waals surface area contributed by atoms with Crippen molar-refractivity contribution in [3.8, 4) is 5.75 Å². The van der Waals surface area contributed by atoms with Gasteiger partial charge in [0.15, 0.2) is 0 Å². The van der Waals surface area contributed by atoms with E-state index in [0.717, 1.165) is 6.07 Å². The molecule has 0 aliphatic heterocycles. The van der Waals surface area contributed by atoms with Crippen molar-refractivity contribution < 1.29 is 14.7 Å². The lowest BCUT2D eigenvalue weighted by Gasteiger charge is -2.08. The molecule has 0 saturated heterocycles. The van der Waals surface area contributed by atoms with Gasteiger partial charge in [0.05, 0.1) is 5.56 Å². The van der Waals surface area contributed by atoms with Gasteiger partial charge < -0.3 is 5.11 Å². The van der Waals surface area contributed by atoms with Gasteiger partial charge in [0.1, 0.15) is 5.75 Å². The molecule has 2 aromatic rings. The Kier molecular flexibility index (Phi) is 3.05. The molecule has 17 heavy (non-hydrogen) atoms. The van der Waals surface area contributed by atoms with Crippen LogP contribution in [-0.2, 0) is 0 Å². The molecule has 2 aromatic carbocycles. The van der Waals surface area contributed by atoms with E-state index in [0.29, 0.717) is 10.8 Å². The number of halogens is 2. The average Bonchev–Trinajstić information content (AvgIpc) is 2.27. The number of benzene rings is 2. The van der Waals surface area contributed by atoms with Gasteiger partial charge in [-0.1, -0.05) is 24.3 Å². The van der Waals surface area contributed by atoms with Gasteiger partial charge in [0.2, 0.25) is 0 Å². The first-order valence-electron chi connectivity index (χ1n) is 4.66. The van der Waals surface area contributed by atoms with Gasteiger partial charge in [-0.3, -0.25) is 9.59 Å². The molecule has 0 saturated carbocycles. The Bertz CT molecular complexity index is 635. The van der Waals surface area contributed by atoms with E-state index in [1.165, 1.54) is 0 Å². The van der Waals surface area contributed by atoms with Gasteiger partial charge in [-0.15, -0.1) is 0 Å². The summed E-state index contributed by atoms with van der Waals surface area (Å²) in [5.41, 5.74) is 0.116. The molecule has 2 rings (SSSR count). The van der Waals surface area contributed by atoms with Gasteiger partial charge in [-0.25, -0.2) is 0 Å². The van der Waals surface area contributed by atoms with Crippen molar-refractivity contribution in [2.24, 2.45) is 0 Å². The topological polar surface area (TPSA) is 54.4 Å². The normalized spacial score (nSPS) is 10.5. The van der Waals surface area contributed by atoms with E-state index >= 15 is 0 Å². The Labute approximate surface area is 107 Å². The lowest BCUT2D eigenvalue weighted by Crippen LogP contribution is -1.97. The Morgan fingerprint density at radius 1 is 1.00 bits per heavy atom. The van der Waals surface area contributed by atoms with E-state index < -0.39 is 10.5 Å². The first-order valence-corrected chi connectivity index (χ1v) is 5.42. The highest BCUT2D eigenvalue weighted by Crippen LogP contribution is 2.32. The van der Waals surface area contributed by atoms with Crippen molar-refractivity contribution in [1.82, 2.24) is 0 Å². The third kappa shape index (κ3) is 1.99. The second-order valence-electron chi connectivity index (χ2n) is 3.41. The maximum Gasteiger partial charge on any atom is 0.256 e. The maximum absolute atomic E-state index is 11.2. The van der Waals surface area contributed by atoms with Crippen LogP contribution in [0, 0.1) is 0 Å². The van der Waals surface area contributed by atoms with Crippen molar-refractivity contribution in [3.05, 3.63) is 41.5 Å². The fourth-order valence-electron chi connectivity index (χ4n) is 1.73. The van der Waals surface area contributed by atoms with Gasteiger partial charge in [-0.05, 0) is 40.0 Å². The minimum Gasteiger partial charge on any atom is -0.507 e. The van der Waals surface area contributed by atoms with Gasteiger partial charge in [0, 0.05) is 5.56 Å². The number of phenolic OH excluding ortho intramolecular Hbond substituents is 1. The quantitative estimate of drug-likeness (QED) is 0.851. The number of fused-ring (bicyclic) bond motifs is 1. The molecule has 0 bridgehead atoms. The van der Waals surface area contributed by atoms with E-state index in [1.54, 1.807) is 24.3 Å². The molecule has 86 valence electrons. The minimum absolute atomic E-state index is 0.0241. The van der Waals surface area contributed by atoms with Crippen molar-refractivity contribution in [2.75, 3.05) is 0 Å². The number of aromatic hydroxyl groups is 1. The molecule has 0 atom stereocenters. The summed E-state index contributed by atoms with van der Waals surface area (Å²) < 4.78 is 0. The van der Waals surface area contributed by atoms with Crippen LogP contribution in [0.15, 0.2) is 30.3 Å². The summed E-state index contributed by atoms with van der Waals surface area (Å²) in [5, 5.41) is 9.08. The molecule has 0 radical (unpaired) electrons. The summed E-state index contributed by atoms with van der Waals surface area (Å²) >= 11 is 10.8. The molecular weight excluding hydrogens is 263 g/mol. The fourth-order valence-corrected chi connectivity index (χ4v) is 2.08. The standard InChI is InChI=1S/C12H6Cl2O3/c13-11(16)8-5-9(15)10(12(14)17)7-4-2-1-3-6(7)8/h1-5,15H. The molecule has 0 aliphatic rings. The predicted octanol–water partition coefficient (Wildman–Crippen LogP) is 3.30. The van der Waals surface area contributed by atoms with Crippen molar-refractivity contribution in [1.29, 1.82) is 0 Å². The maximum atomic E-state index is 11.2. The van der Waals surface area contributed by atoms with E-state index in [4.69, 9.17) is 23.2 Å². The number of carbonyl (C=O) groups excluding carboxylic acids is 2. The number of rotatable bonds is 2. The highest BCUT2D eigenvalue weighted by molar-refractivity contribution is 6.70. The van der Waals surface area contributed by atoms with Crippen LogP contribution in [-0.4, -0.2) is 15.6 Å². The van der Waals surface area contributed by atoms with Gasteiger partial charge in [0.25, 0.3) is 10.5 Å². The third-order valence-corrected chi connectivity index (χ3v) is 2.82. The molecule has 0 aromatic heterocycles. The molecule has 3 nitrogen and oxygen atoms in total. The van der Waals surface area contributed by atoms with Crippen molar-refractivity contribution >= 4 is 44.5 Å². The second kappa shape index (κ2) is 4.35. The highest BCUT2D eigenvalue weighted by Gasteiger charge is 2.18. The Morgan fingerprint density at radius 3 is 2.12 bits per heavy atom. The van der Waals surface area contributed by atoms with Crippen LogP contribution in [0.2, 0.25) is 0 Å². The molecule has 5 heteroatoms. The minimum atomic E-state index is -0.785. The van der Waals surface area contributed by atoms with Crippen molar-refractivity contribution in [2.45, 2.75) is 0 Å². The van der Waals surface area contributed by atoms with E-state index in [2.05, 4.69) is 0 Å². The van der Waals surface area contributed by atoms with E-state index in [1.807, 2.05) is 0 Å². The lowest BCUT2D eigenvalue weighted by atomic mass is 9.99. The van der Waals surface area contributed by atoms with Crippen LogP contribution in [0.25, 0.3) is 10.8 Å². The Balaban J connectivity index is 2.97. The summed E-state index contributed by atoms with van der Waals surface area (Å²) in [4.78, 5) is 22.5. The van der Waals surface area contributed by atoms with E-state index in [9.17, 15) is 14.7 Å². The first-order chi connectivity index (χ1) is 8.02. The van der Waals surface area contributed by atoms with Gasteiger partial charge >= 0.3 is 0 Å². The lowest BCUT2D eigenvalue weighted by molar-refractivity contribution is 0.107. The SMILES string of the molecule is O=C(Cl)c1cc(O)c(C(=O)Cl)c2ccccc12. The van der Waals surface area contributed by atoms with Crippen LogP contribution >= 0.6 is 23.2 Å². The summed E-state index contributed by atoms with van der Waals surface area (Å²) in [6, 6.07) is 7.74. The zero-order chi connectivity index (χ0) is 12.6. The Morgan fingerprint density at radius 2 is 1.59 bits per heavy atom. The molecule has 0 amide bonds. The highest BCUT2D eigenvalue weighted by atomic mass is 35.5. The van der Waals surface area contributed by atoms with E-state index in [-0.39, 0.29) is 16.9 Å². The smallest absolute Gasteiger partial charge is 0.256 e. The average molecular weight is 269 g/mol. The molecule has 0 heterocycles. The van der Waals surface area contributed by atoms with Gasteiger partial charge in [-0.2, -0.15) is 0 Å². The van der Waals surface area contributed by atoms with Crippen LogP contribution in [0.1, 0.15) is 20.7 Å². The zero-order valence-corrected chi connectivity index (χ0v) is 9.92. The summed E-state index contributed by atoms with van der Waals surface area (Å²) in [6.07, 6.45) is 0. The molecule has 1 N–H and O–H groups in total. The molecule has 0 aliphatic carbocycles. The van der Waals surface area contributed by atoms with Crippen LogP contribution < -0.4 is 0 Å². The first kappa shape index (κ1) is 11.9. The monoisotopic (exact) mass is 268 g/mol. The predicted molar refractivity (Wildman–Crippen MR) is 66.0 cm³/mol. The second-order valence-corrected chi connectivity index (χ2v) is 4.10. The summed E-state index contributed by atoms with van der Waals surface area (Å²) in [7, 11) is 0. The van der Waals surface area contributed by atoms with Crippen LogP contribution in [0.5, 0.6) is 5.75 Å². The molecule has 0 spiro atoms. The van der Waals surface area contributed by atoms with Crippen molar-refractivity contribution in [3.63, 3.8) is 0 Å². The molecular formula is C12H6Cl2O3. The number of hydrogen-bond donors (Lipinski definition) is 1. The summed E-state index contributed by atoms with van der Waals surface area (Å²) in [6.45, 7) is 0. The number of carbonyl (C=O) groups is 2. The number of phenols is 1. The van der Waals surface area contributed by atoms with Crippen LogP contribution in [0.4, 0.5) is 0 Å². The fraction of sp³-hybridized carbons (Fsp3) is 0. The Hall–Kier alpha value is -1.58. The van der Waals surface area contributed by atoms with Crippen LogP contribution in [0.3, 0.4) is 0 Å². The zero-order valence-electron chi connectivity index (χ0n) is 8.41.